The fourth-order valence-corrected chi connectivity index (χ4v) is 6.19. The molecular weight excluding hydrogens is 548 g/mol. The molecule has 0 saturated carbocycles. The van der Waals surface area contributed by atoms with Gasteiger partial charge in [-0.25, -0.2) is 0 Å². The smallest absolute Gasteiger partial charge is 0.0827 e. The molecule has 6 rings (SSSR count). The summed E-state index contributed by atoms with van der Waals surface area (Å²) in [5.74, 6) is 0. The second kappa shape index (κ2) is 14.6. The van der Waals surface area contributed by atoms with Gasteiger partial charge in [0.2, 0.25) is 0 Å². The highest BCUT2D eigenvalue weighted by atomic mass is 16.5. The molecule has 45 heavy (non-hydrogen) atoms. The van der Waals surface area contributed by atoms with Crippen molar-refractivity contribution in [3.63, 3.8) is 0 Å². The van der Waals surface area contributed by atoms with Crippen molar-refractivity contribution in [2.75, 3.05) is 23.0 Å². The maximum absolute atomic E-state index is 6.94. The zero-order valence-corrected chi connectivity index (χ0v) is 26.0. The summed E-state index contributed by atoms with van der Waals surface area (Å²) in [6.45, 7) is 5.40. The number of hydrogen-bond acceptors (Lipinski definition) is 3. The maximum Gasteiger partial charge on any atom is 0.0827 e. The van der Waals surface area contributed by atoms with Crippen molar-refractivity contribution in [1.29, 1.82) is 0 Å². The SMILES string of the molecule is Cc1ccccc1C(COCC(c1ccccc1C)N(c1ccccc1)c1ccccc1)N(c1ccccc1)c1ccccc1. The average molecular weight is 589 g/mol. The van der Waals surface area contributed by atoms with Gasteiger partial charge in [0.15, 0.2) is 0 Å². The normalized spacial score (nSPS) is 12.3. The number of aryl methyl sites for hydroxylation is 2. The van der Waals surface area contributed by atoms with E-state index in [4.69, 9.17) is 4.74 Å². The lowest BCUT2D eigenvalue weighted by molar-refractivity contribution is 0.108. The van der Waals surface area contributed by atoms with Crippen molar-refractivity contribution in [2.45, 2.75) is 25.9 Å². The molecule has 2 unspecified atom stereocenters. The molecule has 0 radical (unpaired) electrons. The first-order valence-corrected chi connectivity index (χ1v) is 15.7. The van der Waals surface area contributed by atoms with Crippen LogP contribution in [0.2, 0.25) is 0 Å². The monoisotopic (exact) mass is 588 g/mol. The van der Waals surface area contributed by atoms with Gasteiger partial charge in [0, 0.05) is 22.7 Å². The zero-order valence-electron chi connectivity index (χ0n) is 26.0. The average Bonchev–Trinajstić information content (AvgIpc) is 3.10. The molecule has 0 saturated heterocycles. The van der Waals surface area contributed by atoms with E-state index in [1.807, 2.05) is 0 Å². The highest BCUT2D eigenvalue weighted by Gasteiger charge is 2.28. The van der Waals surface area contributed by atoms with Crippen LogP contribution in [0.25, 0.3) is 0 Å². The number of rotatable bonds is 12. The van der Waals surface area contributed by atoms with Crippen molar-refractivity contribution >= 4 is 22.7 Å². The summed E-state index contributed by atoms with van der Waals surface area (Å²) in [4.78, 5) is 4.83. The van der Waals surface area contributed by atoms with E-state index >= 15 is 0 Å². The molecule has 3 heteroatoms. The third kappa shape index (κ3) is 7.01. The summed E-state index contributed by atoms with van der Waals surface area (Å²) < 4.78 is 6.94. The van der Waals surface area contributed by atoms with E-state index in [-0.39, 0.29) is 12.1 Å². The lowest BCUT2D eigenvalue weighted by Gasteiger charge is -2.37. The summed E-state index contributed by atoms with van der Waals surface area (Å²) in [5, 5.41) is 0. The fourth-order valence-electron chi connectivity index (χ4n) is 6.19. The van der Waals surface area contributed by atoms with Crippen molar-refractivity contribution in [3.8, 4) is 0 Å². The molecule has 2 atom stereocenters. The Bertz CT molecular complexity index is 1550. The van der Waals surface area contributed by atoms with Crippen LogP contribution in [0.3, 0.4) is 0 Å². The summed E-state index contributed by atoms with van der Waals surface area (Å²) in [6, 6.07) is 59.8. The molecule has 0 aliphatic carbocycles. The Hall–Kier alpha value is -5.12. The first kappa shape index (κ1) is 29.9. The maximum atomic E-state index is 6.94. The fraction of sp³-hybridized carbons (Fsp3) is 0.143. The molecule has 6 aromatic carbocycles. The quantitative estimate of drug-likeness (QED) is 0.141. The van der Waals surface area contributed by atoms with E-state index in [9.17, 15) is 0 Å². The third-order valence-electron chi connectivity index (χ3n) is 8.41. The number of anilines is 4. The largest absolute Gasteiger partial charge is 0.376 e. The van der Waals surface area contributed by atoms with E-state index in [0.29, 0.717) is 13.2 Å². The molecule has 0 amide bonds. The Morgan fingerprint density at radius 3 is 0.933 bits per heavy atom. The predicted octanol–water partition coefficient (Wildman–Crippen LogP) is 10.8. The summed E-state index contributed by atoms with van der Waals surface area (Å²) in [5.41, 5.74) is 9.51. The number of benzene rings is 6. The molecule has 3 nitrogen and oxygen atoms in total. The second-order valence-electron chi connectivity index (χ2n) is 11.4. The molecule has 224 valence electrons. The molecule has 0 aromatic heterocycles. The third-order valence-corrected chi connectivity index (χ3v) is 8.41. The zero-order chi connectivity index (χ0) is 30.8. The lowest BCUT2D eigenvalue weighted by atomic mass is 9.98. The minimum atomic E-state index is -0.0459. The number of ether oxygens (including phenoxy) is 1. The highest BCUT2D eigenvalue weighted by molar-refractivity contribution is 5.66. The van der Waals surface area contributed by atoms with Crippen LogP contribution in [0.4, 0.5) is 22.7 Å². The second-order valence-corrected chi connectivity index (χ2v) is 11.4. The first-order chi connectivity index (χ1) is 22.2. The van der Waals surface area contributed by atoms with Gasteiger partial charge in [0.05, 0.1) is 25.3 Å². The van der Waals surface area contributed by atoms with Crippen molar-refractivity contribution < 1.29 is 4.74 Å². The minimum absolute atomic E-state index is 0.0459. The summed E-state index contributed by atoms with van der Waals surface area (Å²) in [6.07, 6.45) is 0. The van der Waals surface area contributed by atoms with Crippen LogP contribution < -0.4 is 9.80 Å². The first-order valence-electron chi connectivity index (χ1n) is 15.7. The van der Waals surface area contributed by atoms with Gasteiger partial charge in [-0.05, 0) is 84.6 Å². The van der Waals surface area contributed by atoms with Gasteiger partial charge in [0.25, 0.3) is 0 Å². The number of para-hydroxylation sites is 4. The molecule has 0 bridgehead atoms. The van der Waals surface area contributed by atoms with Crippen LogP contribution in [0.15, 0.2) is 170 Å². The van der Waals surface area contributed by atoms with E-state index < -0.39 is 0 Å². The van der Waals surface area contributed by atoms with Crippen LogP contribution >= 0.6 is 0 Å². The molecule has 0 aliphatic rings. The molecular formula is C42H40N2O. The Morgan fingerprint density at radius 1 is 0.378 bits per heavy atom. The van der Waals surface area contributed by atoms with Crippen LogP contribution in [0.1, 0.15) is 34.3 Å². The molecule has 0 fully saturated rings. The van der Waals surface area contributed by atoms with Gasteiger partial charge >= 0.3 is 0 Å². The van der Waals surface area contributed by atoms with Gasteiger partial charge < -0.3 is 14.5 Å². The van der Waals surface area contributed by atoms with Crippen molar-refractivity contribution in [2.24, 2.45) is 0 Å². The number of hydrogen-bond donors (Lipinski definition) is 0. The standard InChI is InChI=1S/C42H40N2O/c1-33-19-15-17-29-39(33)41(43(35-21-7-3-8-22-35)36-23-9-4-10-24-36)31-45-32-42(40-30-18-16-20-34(40)2)44(37-25-11-5-12-26-37)38-27-13-6-14-28-38/h3-30,41-42H,31-32H2,1-2H3. The summed E-state index contributed by atoms with van der Waals surface area (Å²) in [7, 11) is 0. The number of nitrogens with zero attached hydrogens (tertiary/aromatic N) is 2. The molecule has 6 aromatic rings. The molecule has 0 spiro atoms. The topological polar surface area (TPSA) is 15.7 Å². The van der Waals surface area contributed by atoms with Gasteiger partial charge in [-0.3, -0.25) is 0 Å². The van der Waals surface area contributed by atoms with Crippen LogP contribution in [-0.2, 0) is 4.74 Å². The van der Waals surface area contributed by atoms with Gasteiger partial charge in [-0.15, -0.1) is 0 Å². The molecule has 0 heterocycles. The lowest BCUT2D eigenvalue weighted by Crippen LogP contribution is -2.32. The van der Waals surface area contributed by atoms with Crippen molar-refractivity contribution in [1.82, 2.24) is 0 Å². The molecule has 0 N–H and O–H groups in total. The van der Waals surface area contributed by atoms with Crippen LogP contribution in [-0.4, -0.2) is 13.2 Å². The van der Waals surface area contributed by atoms with Gasteiger partial charge in [-0.2, -0.15) is 0 Å². The van der Waals surface area contributed by atoms with E-state index in [1.54, 1.807) is 0 Å². The van der Waals surface area contributed by atoms with E-state index in [0.717, 1.165) is 22.7 Å². The predicted molar refractivity (Wildman–Crippen MR) is 189 cm³/mol. The minimum Gasteiger partial charge on any atom is -0.376 e. The van der Waals surface area contributed by atoms with E-state index in [1.165, 1.54) is 22.3 Å². The van der Waals surface area contributed by atoms with Crippen LogP contribution in [0, 0.1) is 13.8 Å². The Kier molecular flexibility index (Phi) is 9.69. The Morgan fingerprint density at radius 2 is 0.644 bits per heavy atom. The Labute approximate surface area is 268 Å². The summed E-state index contributed by atoms with van der Waals surface area (Å²) >= 11 is 0. The van der Waals surface area contributed by atoms with Gasteiger partial charge in [0.1, 0.15) is 0 Å². The van der Waals surface area contributed by atoms with Crippen LogP contribution in [0.5, 0.6) is 0 Å². The van der Waals surface area contributed by atoms with E-state index in [2.05, 4.69) is 194 Å². The van der Waals surface area contributed by atoms with Crippen molar-refractivity contribution in [3.05, 3.63) is 192 Å². The van der Waals surface area contributed by atoms with Gasteiger partial charge in [-0.1, -0.05) is 121 Å². The highest BCUT2D eigenvalue weighted by Crippen LogP contribution is 2.39. The Balaban J connectivity index is 1.40. The molecule has 0 aliphatic heterocycles.